The van der Waals surface area contributed by atoms with E-state index in [0.717, 1.165) is 16.7 Å². The van der Waals surface area contributed by atoms with E-state index < -0.39 is 6.10 Å². The van der Waals surface area contributed by atoms with Crippen molar-refractivity contribution < 1.29 is 13.9 Å². The number of benzene rings is 1. The van der Waals surface area contributed by atoms with Crippen molar-refractivity contribution in [2.24, 2.45) is 0 Å². The van der Waals surface area contributed by atoms with E-state index in [-0.39, 0.29) is 5.91 Å². The van der Waals surface area contributed by atoms with Gasteiger partial charge < -0.3 is 14.5 Å². The Morgan fingerprint density at radius 3 is 2.90 bits per heavy atom. The SMILES string of the molecule is O=C1Nc2ccccc2OC1c1ccc2coccc1-2. The second-order valence-electron chi connectivity index (χ2n) is 4.70. The highest BCUT2D eigenvalue weighted by atomic mass is 16.5. The van der Waals surface area contributed by atoms with Gasteiger partial charge in [-0.05, 0) is 23.8 Å². The fraction of sp³-hybridized carbons (Fsp3) is 0.0625. The van der Waals surface area contributed by atoms with E-state index in [0.29, 0.717) is 11.4 Å². The number of carbonyl (C=O) groups is 1. The van der Waals surface area contributed by atoms with Crippen LogP contribution in [0.15, 0.2) is 59.4 Å². The van der Waals surface area contributed by atoms with Gasteiger partial charge in [0, 0.05) is 11.1 Å². The Morgan fingerprint density at radius 1 is 1.05 bits per heavy atom. The van der Waals surface area contributed by atoms with E-state index in [2.05, 4.69) is 5.32 Å². The minimum Gasteiger partial charge on any atom is -0.474 e. The zero-order valence-electron chi connectivity index (χ0n) is 10.5. The number of hydrogen-bond donors (Lipinski definition) is 1. The van der Waals surface area contributed by atoms with Gasteiger partial charge in [0.15, 0.2) is 0 Å². The van der Waals surface area contributed by atoms with Crippen LogP contribution >= 0.6 is 0 Å². The molecule has 4 heteroatoms. The van der Waals surface area contributed by atoms with Gasteiger partial charge in [-0.2, -0.15) is 0 Å². The Morgan fingerprint density at radius 2 is 1.95 bits per heavy atom. The first kappa shape index (κ1) is 11.1. The quantitative estimate of drug-likeness (QED) is 0.733. The molecule has 0 saturated carbocycles. The molecule has 0 radical (unpaired) electrons. The Labute approximate surface area is 115 Å². The van der Waals surface area contributed by atoms with Crippen molar-refractivity contribution in [2.75, 3.05) is 5.32 Å². The molecule has 1 atom stereocenters. The van der Waals surface area contributed by atoms with Gasteiger partial charge in [-0.1, -0.05) is 24.3 Å². The molecule has 4 rings (SSSR count). The van der Waals surface area contributed by atoms with Crippen molar-refractivity contribution in [1.29, 1.82) is 0 Å². The fourth-order valence-electron chi connectivity index (χ4n) is 2.53. The largest absolute Gasteiger partial charge is 0.474 e. The van der Waals surface area contributed by atoms with Gasteiger partial charge in [-0.15, -0.1) is 0 Å². The zero-order valence-corrected chi connectivity index (χ0v) is 10.5. The van der Waals surface area contributed by atoms with Crippen LogP contribution in [0.1, 0.15) is 11.7 Å². The smallest absolute Gasteiger partial charge is 0.270 e. The van der Waals surface area contributed by atoms with Crippen molar-refractivity contribution in [3.8, 4) is 16.9 Å². The van der Waals surface area contributed by atoms with E-state index in [1.165, 1.54) is 0 Å². The maximum absolute atomic E-state index is 12.2. The van der Waals surface area contributed by atoms with Crippen LogP contribution in [0.25, 0.3) is 11.1 Å². The molecule has 98 valence electrons. The molecule has 2 heterocycles. The summed E-state index contributed by atoms with van der Waals surface area (Å²) in [7, 11) is 0. The molecule has 1 unspecified atom stereocenters. The van der Waals surface area contributed by atoms with Crippen LogP contribution < -0.4 is 10.1 Å². The normalized spacial score (nSPS) is 17.4. The van der Waals surface area contributed by atoms with Crippen LogP contribution in [-0.2, 0) is 4.79 Å². The molecule has 1 aliphatic carbocycles. The van der Waals surface area contributed by atoms with E-state index in [4.69, 9.17) is 9.15 Å². The van der Waals surface area contributed by atoms with Crippen LogP contribution in [0.5, 0.6) is 5.75 Å². The van der Waals surface area contributed by atoms with Gasteiger partial charge in [0.1, 0.15) is 5.75 Å². The first-order valence-electron chi connectivity index (χ1n) is 6.34. The third kappa shape index (κ3) is 1.58. The fourth-order valence-corrected chi connectivity index (χ4v) is 2.53. The number of nitrogens with one attached hydrogen (secondary N) is 1. The summed E-state index contributed by atoms with van der Waals surface area (Å²) in [4.78, 5) is 12.2. The number of carbonyl (C=O) groups excluding carboxylic acids is 1. The van der Waals surface area contributed by atoms with Crippen molar-refractivity contribution in [3.05, 3.63) is 60.6 Å². The maximum atomic E-state index is 12.2. The first-order chi connectivity index (χ1) is 9.83. The molecular formula is C16H11NO3. The van der Waals surface area contributed by atoms with Gasteiger partial charge >= 0.3 is 0 Å². The highest BCUT2D eigenvalue weighted by molar-refractivity contribution is 5.99. The standard InChI is InChI=1S/C16H11NO3/c18-16-15(20-14-4-2-1-3-13(14)17-16)12-6-5-10-9-19-8-7-11(10)12/h1-9,15H,(H,17,18). The lowest BCUT2D eigenvalue weighted by molar-refractivity contribution is -0.123. The molecule has 0 bridgehead atoms. The summed E-state index contributed by atoms with van der Waals surface area (Å²) in [6.07, 6.45) is 2.62. The Kier molecular flexibility index (Phi) is 2.29. The van der Waals surface area contributed by atoms with Gasteiger partial charge in [0.2, 0.25) is 6.10 Å². The van der Waals surface area contributed by atoms with Crippen LogP contribution in [0, 0.1) is 0 Å². The number of para-hydroxylation sites is 2. The highest BCUT2D eigenvalue weighted by Crippen LogP contribution is 2.39. The topological polar surface area (TPSA) is 51.5 Å². The summed E-state index contributed by atoms with van der Waals surface area (Å²) in [6.45, 7) is 0. The number of fused-ring (bicyclic) bond motifs is 2. The van der Waals surface area contributed by atoms with Crippen LogP contribution in [0.4, 0.5) is 5.69 Å². The molecule has 20 heavy (non-hydrogen) atoms. The minimum atomic E-state index is -0.634. The number of anilines is 1. The number of amides is 1. The lowest BCUT2D eigenvalue weighted by atomic mass is 10.0. The molecular weight excluding hydrogens is 254 g/mol. The van der Waals surface area contributed by atoms with E-state index in [1.807, 2.05) is 42.5 Å². The summed E-state index contributed by atoms with van der Waals surface area (Å²) >= 11 is 0. The van der Waals surface area contributed by atoms with Crippen LogP contribution in [0.2, 0.25) is 0 Å². The molecule has 3 aliphatic rings. The van der Waals surface area contributed by atoms with Gasteiger partial charge in [-0.25, -0.2) is 0 Å². The molecule has 4 nitrogen and oxygen atoms in total. The third-order valence-corrected chi connectivity index (χ3v) is 3.48. The summed E-state index contributed by atoms with van der Waals surface area (Å²) < 4.78 is 11.0. The molecule has 1 amide bonds. The van der Waals surface area contributed by atoms with Gasteiger partial charge in [0.25, 0.3) is 5.91 Å². The summed E-state index contributed by atoms with van der Waals surface area (Å²) in [5.41, 5.74) is 3.48. The second kappa shape index (κ2) is 4.13. The average Bonchev–Trinajstić information content (AvgIpc) is 2.90. The number of rotatable bonds is 1. The second-order valence-corrected chi connectivity index (χ2v) is 4.70. The molecule has 0 aromatic heterocycles. The molecule has 1 aromatic rings. The molecule has 0 spiro atoms. The lowest BCUT2D eigenvalue weighted by Gasteiger charge is -2.26. The van der Waals surface area contributed by atoms with Crippen molar-refractivity contribution in [1.82, 2.24) is 0 Å². The molecule has 0 fully saturated rings. The predicted octanol–water partition coefficient (Wildman–Crippen LogP) is 3.46. The number of ether oxygens (including phenoxy) is 1. The maximum Gasteiger partial charge on any atom is 0.270 e. The summed E-state index contributed by atoms with van der Waals surface area (Å²) in [6, 6.07) is 13.1. The van der Waals surface area contributed by atoms with Crippen molar-refractivity contribution in [2.45, 2.75) is 6.10 Å². The van der Waals surface area contributed by atoms with Crippen molar-refractivity contribution in [3.63, 3.8) is 0 Å². The minimum absolute atomic E-state index is 0.156. The molecule has 1 N–H and O–H groups in total. The molecule has 2 aliphatic heterocycles. The zero-order chi connectivity index (χ0) is 13.5. The first-order valence-corrected chi connectivity index (χ1v) is 6.34. The Hall–Kier alpha value is -2.75. The predicted molar refractivity (Wildman–Crippen MR) is 73.8 cm³/mol. The van der Waals surface area contributed by atoms with E-state index in [1.54, 1.807) is 12.5 Å². The lowest BCUT2D eigenvalue weighted by Crippen LogP contribution is -2.30. The Balaban J connectivity index is 1.78. The van der Waals surface area contributed by atoms with E-state index >= 15 is 0 Å². The van der Waals surface area contributed by atoms with Crippen LogP contribution in [0.3, 0.4) is 0 Å². The monoisotopic (exact) mass is 265 g/mol. The van der Waals surface area contributed by atoms with Gasteiger partial charge in [0.05, 0.1) is 18.2 Å². The summed E-state index contributed by atoms with van der Waals surface area (Å²) in [5.74, 6) is 0.532. The van der Waals surface area contributed by atoms with E-state index in [9.17, 15) is 4.79 Å². The average molecular weight is 265 g/mol. The Bertz CT molecular complexity index is 762. The van der Waals surface area contributed by atoms with Crippen LogP contribution in [-0.4, -0.2) is 5.91 Å². The summed E-state index contributed by atoms with van der Waals surface area (Å²) in [5, 5.41) is 2.88. The van der Waals surface area contributed by atoms with Crippen molar-refractivity contribution >= 4 is 11.6 Å². The third-order valence-electron chi connectivity index (χ3n) is 3.48. The molecule has 0 saturated heterocycles. The van der Waals surface area contributed by atoms with Gasteiger partial charge in [-0.3, -0.25) is 4.79 Å². The molecule has 1 aromatic carbocycles. The number of hydrogen-bond acceptors (Lipinski definition) is 3. The highest BCUT2D eigenvalue weighted by Gasteiger charge is 2.31.